The molecular formula is C14H16ClF3. The van der Waals surface area contributed by atoms with Gasteiger partial charge in [0.15, 0.2) is 0 Å². The molecule has 2 rings (SSSR count). The average molecular weight is 277 g/mol. The van der Waals surface area contributed by atoms with Gasteiger partial charge in [0, 0.05) is 5.38 Å². The fourth-order valence-corrected chi connectivity index (χ4v) is 3.03. The Morgan fingerprint density at radius 2 is 2.00 bits per heavy atom. The van der Waals surface area contributed by atoms with Crippen LogP contribution in [0.3, 0.4) is 0 Å². The van der Waals surface area contributed by atoms with Gasteiger partial charge in [-0.1, -0.05) is 31.0 Å². The molecule has 18 heavy (non-hydrogen) atoms. The molecule has 0 radical (unpaired) electrons. The Morgan fingerprint density at radius 3 is 2.67 bits per heavy atom. The monoisotopic (exact) mass is 276 g/mol. The molecule has 0 nitrogen and oxygen atoms in total. The molecule has 4 heteroatoms. The van der Waals surface area contributed by atoms with Gasteiger partial charge in [0.1, 0.15) is 0 Å². The lowest BCUT2D eigenvalue weighted by Crippen LogP contribution is -2.17. The van der Waals surface area contributed by atoms with Crippen LogP contribution in [0.2, 0.25) is 0 Å². The Hall–Kier alpha value is -0.700. The number of alkyl halides is 4. The predicted molar refractivity (Wildman–Crippen MR) is 66.7 cm³/mol. The highest BCUT2D eigenvalue weighted by Gasteiger charge is 2.30. The quantitative estimate of drug-likeness (QED) is 0.664. The van der Waals surface area contributed by atoms with Crippen LogP contribution < -0.4 is 0 Å². The van der Waals surface area contributed by atoms with Crippen molar-refractivity contribution in [1.29, 1.82) is 0 Å². The van der Waals surface area contributed by atoms with Crippen molar-refractivity contribution in [3.63, 3.8) is 0 Å². The first-order chi connectivity index (χ1) is 8.45. The molecule has 1 saturated carbocycles. The fraction of sp³-hybridized carbons (Fsp3) is 0.571. The molecule has 0 amide bonds. The molecular weight excluding hydrogens is 261 g/mol. The first-order valence-electron chi connectivity index (χ1n) is 6.25. The van der Waals surface area contributed by atoms with E-state index in [0.29, 0.717) is 12.3 Å². The number of hydrogen-bond acceptors (Lipinski definition) is 0. The van der Waals surface area contributed by atoms with E-state index >= 15 is 0 Å². The van der Waals surface area contributed by atoms with Crippen molar-refractivity contribution in [2.75, 3.05) is 0 Å². The van der Waals surface area contributed by atoms with E-state index in [4.69, 9.17) is 11.6 Å². The Balaban J connectivity index is 2.05. The molecule has 2 atom stereocenters. The number of halogens is 4. The van der Waals surface area contributed by atoms with E-state index in [9.17, 15) is 13.2 Å². The second-order valence-electron chi connectivity index (χ2n) is 5.03. The minimum atomic E-state index is -4.25. The Kier molecular flexibility index (Phi) is 4.21. The number of benzene rings is 1. The van der Waals surface area contributed by atoms with Crippen LogP contribution in [0.4, 0.5) is 13.2 Å². The lowest BCUT2D eigenvalue weighted by atomic mass is 9.84. The summed E-state index contributed by atoms with van der Waals surface area (Å²) in [6, 6.07) is 5.64. The van der Waals surface area contributed by atoms with Gasteiger partial charge in [0.05, 0.1) is 5.56 Å². The average Bonchev–Trinajstić information content (AvgIpc) is 2.28. The molecule has 0 bridgehead atoms. The maximum absolute atomic E-state index is 12.6. The van der Waals surface area contributed by atoms with E-state index < -0.39 is 11.7 Å². The Morgan fingerprint density at radius 1 is 1.22 bits per heavy atom. The van der Waals surface area contributed by atoms with Crippen LogP contribution in [0, 0.1) is 5.92 Å². The molecule has 1 aliphatic rings. The van der Waals surface area contributed by atoms with Crippen LogP contribution in [-0.4, -0.2) is 5.38 Å². The first-order valence-corrected chi connectivity index (χ1v) is 6.69. The predicted octanol–water partition coefficient (Wildman–Crippen LogP) is 5.05. The second kappa shape index (κ2) is 5.52. The summed E-state index contributed by atoms with van der Waals surface area (Å²) in [5, 5.41) is 0.189. The molecule has 0 N–H and O–H groups in total. The summed E-state index contributed by atoms with van der Waals surface area (Å²) in [7, 11) is 0. The third-order valence-electron chi connectivity index (χ3n) is 3.50. The van der Waals surface area contributed by atoms with Crippen molar-refractivity contribution >= 4 is 11.6 Å². The molecule has 0 saturated heterocycles. The van der Waals surface area contributed by atoms with Gasteiger partial charge in [0.25, 0.3) is 0 Å². The van der Waals surface area contributed by atoms with Gasteiger partial charge in [-0.15, -0.1) is 11.6 Å². The van der Waals surface area contributed by atoms with Crippen LogP contribution in [-0.2, 0) is 12.6 Å². The fourth-order valence-electron chi connectivity index (χ4n) is 2.62. The van der Waals surface area contributed by atoms with E-state index in [0.717, 1.165) is 37.3 Å². The highest BCUT2D eigenvalue weighted by molar-refractivity contribution is 6.20. The number of hydrogen-bond donors (Lipinski definition) is 0. The minimum Gasteiger partial charge on any atom is -0.166 e. The third-order valence-corrected chi connectivity index (χ3v) is 3.89. The lowest BCUT2D eigenvalue weighted by Gasteiger charge is -2.25. The van der Waals surface area contributed by atoms with Gasteiger partial charge < -0.3 is 0 Å². The van der Waals surface area contributed by atoms with Crippen molar-refractivity contribution < 1.29 is 13.2 Å². The highest BCUT2D eigenvalue weighted by atomic mass is 35.5. The zero-order valence-electron chi connectivity index (χ0n) is 10.0. The van der Waals surface area contributed by atoms with E-state index in [1.54, 1.807) is 6.07 Å². The molecule has 0 spiro atoms. The zero-order chi connectivity index (χ0) is 13.2. The van der Waals surface area contributed by atoms with Crippen LogP contribution in [0.1, 0.15) is 36.8 Å². The van der Waals surface area contributed by atoms with Gasteiger partial charge in [-0.25, -0.2) is 0 Å². The summed E-state index contributed by atoms with van der Waals surface area (Å²) in [5.41, 5.74) is 0.207. The summed E-state index contributed by atoms with van der Waals surface area (Å²) in [5.74, 6) is 0.421. The molecule has 1 aliphatic carbocycles. The molecule has 1 fully saturated rings. The van der Waals surface area contributed by atoms with Gasteiger partial charge in [-0.05, 0) is 36.8 Å². The van der Waals surface area contributed by atoms with Crippen LogP contribution in [0.25, 0.3) is 0 Å². The van der Waals surface area contributed by atoms with E-state index in [1.165, 1.54) is 12.1 Å². The molecule has 100 valence electrons. The Bertz CT molecular complexity index is 400. The topological polar surface area (TPSA) is 0 Å². The van der Waals surface area contributed by atoms with Crippen molar-refractivity contribution in [3.05, 3.63) is 35.4 Å². The van der Waals surface area contributed by atoms with Crippen molar-refractivity contribution in [1.82, 2.24) is 0 Å². The zero-order valence-corrected chi connectivity index (χ0v) is 10.8. The maximum Gasteiger partial charge on any atom is 0.416 e. The van der Waals surface area contributed by atoms with Crippen molar-refractivity contribution in [3.8, 4) is 0 Å². The summed E-state index contributed by atoms with van der Waals surface area (Å²) in [6.07, 6.45) is 0.542. The second-order valence-corrected chi connectivity index (χ2v) is 5.65. The number of rotatable bonds is 2. The van der Waals surface area contributed by atoms with E-state index in [-0.39, 0.29) is 5.38 Å². The van der Waals surface area contributed by atoms with Gasteiger partial charge in [-0.3, -0.25) is 0 Å². The summed E-state index contributed by atoms with van der Waals surface area (Å²) < 4.78 is 37.8. The molecule has 0 heterocycles. The summed E-state index contributed by atoms with van der Waals surface area (Å²) in [6.45, 7) is 0. The lowest BCUT2D eigenvalue weighted by molar-refractivity contribution is -0.137. The summed E-state index contributed by atoms with van der Waals surface area (Å²) in [4.78, 5) is 0. The maximum atomic E-state index is 12.6. The van der Waals surface area contributed by atoms with Crippen LogP contribution in [0.5, 0.6) is 0 Å². The Labute approximate surface area is 110 Å². The largest absolute Gasteiger partial charge is 0.416 e. The molecule has 0 aliphatic heterocycles. The summed E-state index contributed by atoms with van der Waals surface area (Å²) >= 11 is 6.10. The SMILES string of the molecule is FC(F)(F)c1cccc(CC2CCCC(Cl)C2)c1. The standard InChI is InChI=1S/C14H16ClF3/c15-13-6-2-4-11(9-13)7-10-3-1-5-12(8-10)14(16,17)18/h1,3,5,8,11,13H,2,4,6-7,9H2. The van der Waals surface area contributed by atoms with Crippen molar-refractivity contribution in [2.45, 2.75) is 43.7 Å². The van der Waals surface area contributed by atoms with Crippen molar-refractivity contribution in [2.24, 2.45) is 5.92 Å². The molecule has 2 unspecified atom stereocenters. The smallest absolute Gasteiger partial charge is 0.166 e. The highest BCUT2D eigenvalue weighted by Crippen LogP contribution is 2.33. The molecule has 1 aromatic carbocycles. The van der Waals surface area contributed by atoms with Gasteiger partial charge in [-0.2, -0.15) is 13.2 Å². The van der Waals surface area contributed by atoms with Gasteiger partial charge >= 0.3 is 6.18 Å². The normalized spacial score (nSPS) is 25.1. The van der Waals surface area contributed by atoms with E-state index in [1.807, 2.05) is 0 Å². The van der Waals surface area contributed by atoms with Gasteiger partial charge in [0.2, 0.25) is 0 Å². The van der Waals surface area contributed by atoms with Crippen LogP contribution >= 0.6 is 11.6 Å². The van der Waals surface area contributed by atoms with Crippen LogP contribution in [0.15, 0.2) is 24.3 Å². The third kappa shape index (κ3) is 3.64. The molecule has 1 aromatic rings. The van der Waals surface area contributed by atoms with E-state index in [2.05, 4.69) is 0 Å². The molecule has 0 aromatic heterocycles. The first kappa shape index (κ1) is 13.7. The minimum absolute atomic E-state index is 0.189.